The maximum absolute atomic E-state index is 14.5. The summed E-state index contributed by atoms with van der Waals surface area (Å²) in [5, 5.41) is 4.01. The quantitative estimate of drug-likeness (QED) is 0.259. The third kappa shape index (κ3) is 5.48. The van der Waals surface area contributed by atoms with Crippen molar-refractivity contribution in [1.29, 1.82) is 0 Å². The number of hydrogen-bond donors (Lipinski definition) is 2. The minimum Gasteiger partial charge on any atom is -0.366 e. The van der Waals surface area contributed by atoms with Crippen LogP contribution in [0.4, 0.5) is 15.9 Å². The highest BCUT2D eigenvalue weighted by Gasteiger charge is 2.30. The van der Waals surface area contributed by atoms with E-state index in [1.54, 1.807) is 24.3 Å². The second kappa shape index (κ2) is 10.3. The Kier molecular flexibility index (Phi) is 7.41. The molecule has 0 bridgehead atoms. The lowest BCUT2D eigenvalue weighted by Crippen LogP contribution is -2.20. The van der Waals surface area contributed by atoms with Crippen LogP contribution in [-0.4, -0.2) is 46.2 Å². The Balaban J connectivity index is 1.88. The number of aromatic nitrogens is 2. The third-order valence-corrected chi connectivity index (χ3v) is 6.59. The van der Waals surface area contributed by atoms with Crippen molar-refractivity contribution in [3.8, 4) is 11.8 Å². The van der Waals surface area contributed by atoms with Gasteiger partial charge in [0.2, 0.25) is 5.91 Å². The number of hydrogen-bond acceptors (Lipinski definition) is 5. The van der Waals surface area contributed by atoms with Crippen molar-refractivity contribution in [2.45, 2.75) is 13.3 Å². The molecule has 1 aromatic heterocycles. The first-order valence-corrected chi connectivity index (χ1v) is 12.5. The molecule has 1 aliphatic rings. The number of nitrogens with one attached hydrogen (secondary N) is 1. The first-order chi connectivity index (χ1) is 16.7. The lowest BCUT2D eigenvalue weighted by Gasteiger charge is -2.16. The molecule has 1 fully saturated rings. The summed E-state index contributed by atoms with van der Waals surface area (Å²) in [6.07, 6.45) is 4.05. The van der Waals surface area contributed by atoms with E-state index in [4.69, 9.17) is 17.3 Å². The molecule has 1 atom stereocenters. The topological polar surface area (TPSA) is 84.1 Å². The number of nitrogens with zero attached hydrogens (tertiary/aromatic N) is 3. The van der Waals surface area contributed by atoms with Gasteiger partial charge in [0, 0.05) is 39.4 Å². The SMILES string of the molecule is CN1CC[C@](C)(C#Cc2cc3ncnc(Nc4cccc(Cl)c4F)c3cc2/C(=C\CBr)C(N)=O)C1. The number of alkyl halides is 1. The fourth-order valence-corrected chi connectivity index (χ4v) is 4.69. The number of allylic oxidation sites excluding steroid dienone is 1. The van der Waals surface area contributed by atoms with Crippen molar-refractivity contribution in [3.63, 3.8) is 0 Å². The molecule has 1 amide bonds. The Hall–Kier alpha value is -2.99. The number of benzene rings is 2. The van der Waals surface area contributed by atoms with Crippen LogP contribution in [0.5, 0.6) is 0 Å². The maximum Gasteiger partial charge on any atom is 0.249 e. The van der Waals surface area contributed by atoms with E-state index in [1.165, 1.54) is 12.4 Å². The van der Waals surface area contributed by atoms with Crippen molar-refractivity contribution in [1.82, 2.24) is 14.9 Å². The van der Waals surface area contributed by atoms with Gasteiger partial charge in [0.15, 0.2) is 5.82 Å². The number of anilines is 2. The number of halogens is 3. The minimum absolute atomic E-state index is 0.00562. The van der Waals surface area contributed by atoms with Crippen LogP contribution in [0.15, 0.2) is 42.7 Å². The van der Waals surface area contributed by atoms with Gasteiger partial charge in [-0.2, -0.15) is 0 Å². The van der Waals surface area contributed by atoms with Gasteiger partial charge >= 0.3 is 0 Å². The van der Waals surface area contributed by atoms with Crippen LogP contribution in [0.25, 0.3) is 16.5 Å². The monoisotopic (exact) mass is 555 g/mol. The molecular weight excluding hydrogens is 533 g/mol. The second-order valence-electron chi connectivity index (χ2n) is 8.80. The van der Waals surface area contributed by atoms with Gasteiger partial charge in [-0.15, -0.1) is 0 Å². The molecule has 1 aliphatic heterocycles. The van der Waals surface area contributed by atoms with E-state index in [2.05, 4.69) is 61.9 Å². The minimum atomic E-state index is -0.588. The van der Waals surface area contributed by atoms with Gasteiger partial charge in [0.05, 0.1) is 16.2 Å². The number of amides is 1. The molecule has 0 radical (unpaired) electrons. The molecule has 3 aromatic rings. The van der Waals surface area contributed by atoms with Crippen molar-refractivity contribution >= 4 is 61.4 Å². The van der Waals surface area contributed by atoms with Crippen molar-refractivity contribution in [3.05, 3.63) is 64.7 Å². The van der Waals surface area contributed by atoms with E-state index < -0.39 is 11.7 Å². The molecule has 0 spiro atoms. The predicted octanol–water partition coefficient (Wildman–Crippen LogP) is 5.12. The van der Waals surface area contributed by atoms with Crippen LogP contribution in [-0.2, 0) is 4.79 Å². The van der Waals surface area contributed by atoms with Gasteiger partial charge in [0.25, 0.3) is 0 Å². The normalized spacial score (nSPS) is 18.4. The van der Waals surface area contributed by atoms with E-state index in [-0.39, 0.29) is 16.1 Å². The van der Waals surface area contributed by atoms with Crippen LogP contribution in [0.2, 0.25) is 5.02 Å². The first kappa shape index (κ1) is 25.1. The highest BCUT2D eigenvalue weighted by Crippen LogP contribution is 2.32. The van der Waals surface area contributed by atoms with Crippen LogP contribution >= 0.6 is 27.5 Å². The lowest BCUT2D eigenvalue weighted by molar-refractivity contribution is -0.112. The van der Waals surface area contributed by atoms with Gasteiger partial charge in [-0.3, -0.25) is 4.79 Å². The van der Waals surface area contributed by atoms with Gasteiger partial charge in [-0.1, -0.05) is 51.5 Å². The molecule has 0 aliphatic carbocycles. The van der Waals surface area contributed by atoms with E-state index >= 15 is 0 Å². The summed E-state index contributed by atoms with van der Waals surface area (Å²) < 4.78 is 14.5. The standard InChI is InChI=1S/C26H24BrClFN5O/c1-26(9-11-34(2)14-26)8-6-16-12-22-19(13-18(16)17(7-10-27)24(30)35)25(32-15-31-22)33-21-5-3-4-20(28)23(21)29/h3-5,7,12-13,15H,9-11,14H2,1-2H3,(H2,30,35)(H,31,32,33)/b17-7+/t26-/m0/s1. The van der Waals surface area contributed by atoms with Crippen molar-refractivity contribution in [2.24, 2.45) is 11.1 Å². The lowest BCUT2D eigenvalue weighted by atomic mass is 9.89. The van der Waals surface area contributed by atoms with Crippen LogP contribution in [0.1, 0.15) is 24.5 Å². The Morgan fingerprint density at radius 1 is 1.40 bits per heavy atom. The molecule has 6 nitrogen and oxygen atoms in total. The summed E-state index contributed by atoms with van der Waals surface area (Å²) in [5.74, 6) is 5.90. The van der Waals surface area contributed by atoms with Crippen LogP contribution in [0, 0.1) is 23.1 Å². The van der Waals surface area contributed by atoms with Gasteiger partial charge in [-0.25, -0.2) is 14.4 Å². The van der Waals surface area contributed by atoms with Gasteiger partial charge in [-0.05, 0) is 51.2 Å². The average Bonchev–Trinajstić information content (AvgIpc) is 3.17. The summed E-state index contributed by atoms with van der Waals surface area (Å²) in [5.41, 5.74) is 7.87. The number of carbonyl (C=O) groups excluding carboxylic acids is 1. The van der Waals surface area contributed by atoms with E-state index in [0.717, 1.165) is 19.5 Å². The molecule has 2 aromatic carbocycles. The van der Waals surface area contributed by atoms with Crippen molar-refractivity contribution in [2.75, 3.05) is 30.8 Å². The zero-order valence-corrected chi connectivity index (χ0v) is 21.7. The zero-order chi connectivity index (χ0) is 25.2. The Morgan fingerprint density at radius 2 is 2.20 bits per heavy atom. The highest BCUT2D eigenvalue weighted by molar-refractivity contribution is 9.09. The molecule has 35 heavy (non-hydrogen) atoms. The van der Waals surface area contributed by atoms with Gasteiger partial charge < -0.3 is 16.0 Å². The van der Waals surface area contributed by atoms with Crippen LogP contribution < -0.4 is 11.1 Å². The van der Waals surface area contributed by atoms with Crippen LogP contribution in [0.3, 0.4) is 0 Å². The number of rotatable bonds is 5. The zero-order valence-electron chi connectivity index (χ0n) is 19.3. The molecular formula is C26H24BrClFN5O. The maximum atomic E-state index is 14.5. The highest BCUT2D eigenvalue weighted by atomic mass is 79.9. The first-order valence-electron chi connectivity index (χ1n) is 11.0. The van der Waals surface area contributed by atoms with E-state index in [0.29, 0.717) is 38.8 Å². The summed E-state index contributed by atoms with van der Waals surface area (Å²) in [6.45, 7) is 3.98. The summed E-state index contributed by atoms with van der Waals surface area (Å²) in [4.78, 5) is 23.3. The molecule has 0 saturated carbocycles. The van der Waals surface area contributed by atoms with E-state index in [9.17, 15) is 9.18 Å². The smallest absolute Gasteiger partial charge is 0.249 e. The summed E-state index contributed by atoms with van der Waals surface area (Å²) in [7, 11) is 2.08. The van der Waals surface area contributed by atoms with E-state index in [1.807, 2.05) is 6.07 Å². The Morgan fingerprint density at radius 3 is 2.89 bits per heavy atom. The number of fused-ring (bicyclic) bond motifs is 1. The fourth-order valence-electron chi connectivity index (χ4n) is 4.19. The Bertz CT molecular complexity index is 1400. The molecule has 9 heteroatoms. The second-order valence-corrected chi connectivity index (χ2v) is 9.85. The number of nitrogens with two attached hydrogens (primary N) is 1. The van der Waals surface area contributed by atoms with Gasteiger partial charge in [0.1, 0.15) is 12.1 Å². The molecule has 180 valence electrons. The largest absolute Gasteiger partial charge is 0.366 e. The summed E-state index contributed by atoms with van der Waals surface area (Å²) >= 11 is 9.29. The Labute approximate surface area is 216 Å². The number of carbonyl (C=O) groups is 1. The number of likely N-dealkylation sites (tertiary alicyclic amines) is 1. The molecule has 3 N–H and O–H groups in total. The fraction of sp³-hybridized carbons (Fsp3) is 0.269. The van der Waals surface area contributed by atoms with Crippen molar-refractivity contribution < 1.29 is 9.18 Å². The molecule has 0 unspecified atom stereocenters. The molecule has 2 heterocycles. The molecule has 1 saturated heterocycles. The molecule has 4 rings (SSSR count). The summed E-state index contributed by atoms with van der Waals surface area (Å²) in [6, 6.07) is 8.25. The average molecular weight is 557 g/mol. The third-order valence-electron chi connectivity index (χ3n) is 5.98. The predicted molar refractivity (Wildman–Crippen MR) is 142 cm³/mol. The number of primary amides is 1.